The third-order valence-electron chi connectivity index (χ3n) is 2.49. The third-order valence-corrected chi connectivity index (χ3v) is 3.62. The molecule has 1 aliphatic heterocycles. The molecule has 66 valence electrons. The van der Waals surface area contributed by atoms with Crippen molar-refractivity contribution in [2.45, 2.75) is 38.5 Å². The maximum Gasteiger partial charge on any atom is 0.0147 e. The lowest BCUT2D eigenvalue weighted by Crippen LogP contribution is -2.42. The molecule has 11 heavy (non-hydrogen) atoms. The van der Waals surface area contributed by atoms with Gasteiger partial charge < -0.3 is 0 Å². The Kier molecular flexibility index (Phi) is 3.73. The average molecular weight is 173 g/mol. The predicted octanol–water partition coefficient (Wildman–Crippen LogP) is 2.22. The van der Waals surface area contributed by atoms with Crippen LogP contribution in [0.4, 0.5) is 0 Å². The number of thioether (sulfide) groups is 1. The van der Waals surface area contributed by atoms with Crippen molar-refractivity contribution in [2.75, 3.05) is 18.8 Å². The van der Waals surface area contributed by atoms with Crippen LogP contribution in [0.3, 0.4) is 0 Å². The summed E-state index contributed by atoms with van der Waals surface area (Å²) >= 11 is 2.11. The molecule has 2 unspecified atom stereocenters. The summed E-state index contributed by atoms with van der Waals surface area (Å²) < 4.78 is 0. The molecule has 1 heterocycles. The molecular weight excluding hydrogens is 154 g/mol. The molecule has 0 aromatic carbocycles. The quantitative estimate of drug-likeness (QED) is 0.630. The van der Waals surface area contributed by atoms with Crippen LogP contribution in [0.5, 0.6) is 0 Å². The Morgan fingerprint density at radius 2 is 2.36 bits per heavy atom. The Balaban J connectivity index is 2.33. The Labute approximate surface area is 74.5 Å². The highest BCUT2D eigenvalue weighted by Gasteiger charge is 2.19. The molecule has 1 saturated heterocycles. The van der Waals surface area contributed by atoms with E-state index < -0.39 is 0 Å². The molecule has 1 nitrogen and oxygen atoms in total. The molecule has 1 fully saturated rings. The average Bonchev–Trinajstić information content (AvgIpc) is 2.03. The van der Waals surface area contributed by atoms with Gasteiger partial charge in [-0.15, -0.1) is 0 Å². The van der Waals surface area contributed by atoms with Gasteiger partial charge in [0.1, 0.15) is 0 Å². The smallest absolute Gasteiger partial charge is 0.0147 e. The van der Waals surface area contributed by atoms with Crippen molar-refractivity contribution >= 4 is 11.8 Å². The van der Waals surface area contributed by atoms with E-state index in [1.165, 1.54) is 25.3 Å². The molecule has 0 amide bonds. The van der Waals surface area contributed by atoms with E-state index in [9.17, 15) is 0 Å². The van der Waals surface area contributed by atoms with E-state index >= 15 is 0 Å². The summed E-state index contributed by atoms with van der Waals surface area (Å²) in [5.74, 6) is 1.32. The fourth-order valence-electron chi connectivity index (χ4n) is 1.50. The zero-order chi connectivity index (χ0) is 8.27. The second-order valence-corrected chi connectivity index (χ2v) is 4.98. The molecule has 0 aromatic rings. The molecule has 0 aromatic heterocycles. The second-order valence-electron chi connectivity index (χ2n) is 3.43. The highest BCUT2D eigenvalue weighted by atomic mass is 32.2. The van der Waals surface area contributed by atoms with Gasteiger partial charge in [-0.05, 0) is 13.3 Å². The fraction of sp³-hybridized carbons (Fsp3) is 1.00. The van der Waals surface area contributed by atoms with Crippen LogP contribution in [-0.4, -0.2) is 35.0 Å². The minimum Gasteiger partial charge on any atom is -0.299 e. The first-order valence-corrected chi connectivity index (χ1v) is 5.64. The number of nitrogens with zero attached hydrogens (tertiary/aromatic N) is 1. The summed E-state index contributed by atoms with van der Waals surface area (Å²) in [4.78, 5) is 2.61. The van der Waals surface area contributed by atoms with Crippen molar-refractivity contribution in [1.82, 2.24) is 4.90 Å². The van der Waals surface area contributed by atoms with Gasteiger partial charge in [-0.25, -0.2) is 0 Å². The van der Waals surface area contributed by atoms with Crippen LogP contribution in [-0.2, 0) is 0 Å². The molecule has 0 N–H and O–H groups in total. The molecule has 0 aliphatic carbocycles. The second kappa shape index (κ2) is 4.36. The first-order chi connectivity index (χ1) is 5.24. The summed E-state index contributed by atoms with van der Waals surface area (Å²) in [5.41, 5.74) is 0. The van der Waals surface area contributed by atoms with E-state index in [0.717, 1.165) is 11.3 Å². The Hall–Kier alpha value is 0.310. The number of hydrogen-bond donors (Lipinski definition) is 0. The lowest BCUT2D eigenvalue weighted by molar-refractivity contribution is 0.213. The first kappa shape index (κ1) is 9.40. The van der Waals surface area contributed by atoms with Gasteiger partial charge in [0, 0.05) is 30.1 Å². The van der Waals surface area contributed by atoms with Gasteiger partial charge in [-0.1, -0.05) is 13.8 Å². The summed E-state index contributed by atoms with van der Waals surface area (Å²) in [7, 11) is 0. The van der Waals surface area contributed by atoms with Gasteiger partial charge in [0.15, 0.2) is 0 Å². The monoisotopic (exact) mass is 173 g/mol. The van der Waals surface area contributed by atoms with Gasteiger partial charge >= 0.3 is 0 Å². The van der Waals surface area contributed by atoms with E-state index in [2.05, 4.69) is 37.4 Å². The topological polar surface area (TPSA) is 3.24 Å². The van der Waals surface area contributed by atoms with Gasteiger partial charge in [0.2, 0.25) is 0 Å². The summed E-state index contributed by atoms with van der Waals surface area (Å²) in [6.45, 7) is 9.53. The molecule has 1 aliphatic rings. The van der Waals surface area contributed by atoms with E-state index in [0.29, 0.717) is 0 Å². The lowest BCUT2D eigenvalue weighted by atomic mass is 10.2. The van der Waals surface area contributed by atoms with E-state index in [4.69, 9.17) is 0 Å². The summed E-state index contributed by atoms with van der Waals surface area (Å²) in [6.07, 6.45) is 1.29. The largest absolute Gasteiger partial charge is 0.299 e. The molecular formula is C9H19NS. The molecule has 0 bridgehead atoms. The van der Waals surface area contributed by atoms with Crippen LogP contribution < -0.4 is 0 Å². The summed E-state index contributed by atoms with van der Waals surface area (Å²) in [6, 6.07) is 0.790. The third kappa shape index (κ3) is 2.68. The van der Waals surface area contributed by atoms with Gasteiger partial charge in [0.25, 0.3) is 0 Å². The zero-order valence-electron chi connectivity index (χ0n) is 7.84. The van der Waals surface area contributed by atoms with E-state index in [-0.39, 0.29) is 0 Å². The number of rotatable bonds is 2. The normalized spacial score (nSPS) is 30.3. The van der Waals surface area contributed by atoms with Crippen LogP contribution in [0.15, 0.2) is 0 Å². The Morgan fingerprint density at radius 1 is 1.64 bits per heavy atom. The molecule has 1 rings (SSSR count). The van der Waals surface area contributed by atoms with Crippen molar-refractivity contribution in [3.63, 3.8) is 0 Å². The van der Waals surface area contributed by atoms with Gasteiger partial charge in [0.05, 0.1) is 0 Å². The van der Waals surface area contributed by atoms with Crippen LogP contribution in [0.25, 0.3) is 0 Å². The van der Waals surface area contributed by atoms with E-state index in [1.807, 2.05) is 0 Å². The van der Waals surface area contributed by atoms with Crippen molar-refractivity contribution in [3.05, 3.63) is 0 Å². The minimum absolute atomic E-state index is 0.790. The highest BCUT2D eigenvalue weighted by molar-refractivity contribution is 7.99. The molecule has 2 heteroatoms. The Bertz CT molecular complexity index is 116. The fourth-order valence-corrected chi connectivity index (χ4v) is 2.54. The van der Waals surface area contributed by atoms with Crippen molar-refractivity contribution < 1.29 is 0 Å². The van der Waals surface area contributed by atoms with E-state index in [1.54, 1.807) is 0 Å². The van der Waals surface area contributed by atoms with Crippen LogP contribution in [0.2, 0.25) is 0 Å². The van der Waals surface area contributed by atoms with Crippen LogP contribution >= 0.6 is 11.8 Å². The standard InChI is InChI=1S/C9H19NS/c1-4-8(2)10-5-6-11-9(3)7-10/h8-9H,4-7H2,1-3H3. The molecule has 0 radical (unpaired) electrons. The van der Waals surface area contributed by atoms with Crippen molar-refractivity contribution in [2.24, 2.45) is 0 Å². The number of hydrogen-bond acceptors (Lipinski definition) is 2. The Morgan fingerprint density at radius 3 is 2.91 bits per heavy atom. The maximum atomic E-state index is 2.61. The van der Waals surface area contributed by atoms with Crippen molar-refractivity contribution in [3.8, 4) is 0 Å². The zero-order valence-corrected chi connectivity index (χ0v) is 8.66. The molecule has 0 spiro atoms. The minimum atomic E-state index is 0.790. The van der Waals surface area contributed by atoms with Gasteiger partial charge in [-0.2, -0.15) is 11.8 Å². The van der Waals surface area contributed by atoms with Crippen LogP contribution in [0, 0.1) is 0 Å². The molecule has 0 saturated carbocycles. The first-order valence-electron chi connectivity index (χ1n) is 4.59. The summed E-state index contributed by atoms with van der Waals surface area (Å²) in [5, 5.41) is 0.845. The van der Waals surface area contributed by atoms with Crippen molar-refractivity contribution in [1.29, 1.82) is 0 Å². The lowest BCUT2D eigenvalue weighted by Gasteiger charge is -2.34. The molecule has 2 atom stereocenters. The SMILES string of the molecule is CCC(C)N1CCSC(C)C1. The maximum absolute atomic E-state index is 2.61. The van der Waals surface area contributed by atoms with Crippen LogP contribution in [0.1, 0.15) is 27.2 Å². The highest BCUT2D eigenvalue weighted by Crippen LogP contribution is 2.19. The predicted molar refractivity (Wildman–Crippen MR) is 53.2 cm³/mol. The van der Waals surface area contributed by atoms with Gasteiger partial charge in [-0.3, -0.25) is 4.90 Å².